The van der Waals surface area contributed by atoms with Crippen LogP contribution in [0.4, 0.5) is 14.6 Å². The average molecular weight is 366 g/mol. The largest absolute Gasteiger partial charge is 0.351 e. The molecular weight excluding hydrogens is 354 g/mol. The van der Waals surface area contributed by atoms with Crippen LogP contribution >= 0.6 is 0 Å². The van der Waals surface area contributed by atoms with Crippen molar-refractivity contribution in [2.45, 2.75) is 12.5 Å². The summed E-state index contributed by atoms with van der Waals surface area (Å²) in [7, 11) is 0. The molecule has 1 saturated heterocycles. The molecule has 1 amide bonds. The highest BCUT2D eigenvalue weighted by Gasteiger charge is 2.29. The molecule has 1 fully saturated rings. The number of anilines is 1. The Bertz CT molecular complexity index is 887. The summed E-state index contributed by atoms with van der Waals surface area (Å²) in [5, 5.41) is 4.76. The smallest absolute Gasteiger partial charge is 0.346 e. The third kappa shape index (κ3) is 3.78. The number of carbonyl (C=O) groups is 1. The maximum Gasteiger partial charge on any atom is 0.351 e. The topological polar surface area (TPSA) is 112 Å². The van der Waals surface area contributed by atoms with Crippen molar-refractivity contribution < 1.29 is 23.0 Å². The zero-order valence-electron chi connectivity index (χ0n) is 13.1. The van der Waals surface area contributed by atoms with Crippen molar-refractivity contribution in [1.29, 1.82) is 0 Å². The number of benzene rings is 1. The summed E-state index contributed by atoms with van der Waals surface area (Å²) < 4.78 is 38.3. The summed E-state index contributed by atoms with van der Waals surface area (Å²) in [6.07, 6.45) is -1.09. The van der Waals surface area contributed by atoms with E-state index in [1.807, 2.05) is 0 Å². The molecule has 136 valence electrons. The van der Waals surface area contributed by atoms with Crippen molar-refractivity contribution in [3.63, 3.8) is 0 Å². The molecular formula is C15H12F2N4O5. The molecule has 1 aliphatic rings. The van der Waals surface area contributed by atoms with Crippen molar-refractivity contribution >= 4 is 11.7 Å². The van der Waals surface area contributed by atoms with Gasteiger partial charge < -0.3 is 14.8 Å². The summed E-state index contributed by atoms with van der Waals surface area (Å²) in [4.78, 5) is 37.8. The molecule has 1 aromatic carbocycles. The van der Waals surface area contributed by atoms with Gasteiger partial charge in [-0.15, -0.1) is 0 Å². The average Bonchev–Trinajstić information content (AvgIpc) is 3.07. The fourth-order valence-electron chi connectivity index (χ4n) is 2.27. The van der Waals surface area contributed by atoms with E-state index >= 15 is 0 Å². The van der Waals surface area contributed by atoms with Crippen LogP contribution in [0, 0.1) is 16.5 Å². The zero-order valence-corrected chi connectivity index (χ0v) is 13.1. The number of nitrogens with one attached hydrogen (secondary N) is 1. The van der Waals surface area contributed by atoms with E-state index in [4.69, 9.17) is 9.47 Å². The Morgan fingerprint density at radius 2 is 2.08 bits per heavy atom. The Balaban J connectivity index is 1.77. The third-order valence-corrected chi connectivity index (χ3v) is 3.51. The number of amides is 1. The van der Waals surface area contributed by atoms with E-state index < -0.39 is 41.6 Å². The maximum atomic E-state index is 14.2. The van der Waals surface area contributed by atoms with Crippen LogP contribution < -0.4 is 11.0 Å². The Hall–Kier alpha value is -3.05. The number of nitroso groups, excluding NO2 is 1. The molecule has 0 spiro atoms. The first-order chi connectivity index (χ1) is 12.5. The van der Waals surface area contributed by atoms with Gasteiger partial charge in [0.15, 0.2) is 24.2 Å². The lowest BCUT2D eigenvalue weighted by Crippen LogP contribution is -2.30. The molecule has 1 aromatic heterocycles. The molecule has 3 rings (SSSR count). The minimum absolute atomic E-state index is 0.0634. The van der Waals surface area contributed by atoms with Gasteiger partial charge in [0.05, 0.1) is 12.8 Å². The molecule has 0 radical (unpaired) electrons. The first-order valence-corrected chi connectivity index (χ1v) is 7.39. The van der Waals surface area contributed by atoms with E-state index in [9.17, 15) is 23.3 Å². The predicted molar refractivity (Wildman–Crippen MR) is 83.3 cm³/mol. The highest BCUT2D eigenvalue weighted by atomic mass is 19.1. The molecule has 2 atom stereocenters. The number of aromatic nitrogens is 2. The van der Waals surface area contributed by atoms with E-state index in [0.717, 1.165) is 22.9 Å². The van der Waals surface area contributed by atoms with Gasteiger partial charge in [-0.3, -0.25) is 9.36 Å². The van der Waals surface area contributed by atoms with Crippen molar-refractivity contribution in [3.05, 3.63) is 63.1 Å². The monoisotopic (exact) mass is 366 g/mol. The Morgan fingerprint density at radius 3 is 2.77 bits per heavy atom. The van der Waals surface area contributed by atoms with E-state index in [-0.39, 0.29) is 18.7 Å². The van der Waals surface area contributed by atoms with Crippen LogP contribution in [0.15, 0.2) is 40.4 Å². The zero-order chi connectivity index (χ0) is 18.7. The molecule has 0 saturated carbocycles. The molecule has 1 N–H and O–H groups in total. The van der Waals surface area contributed by atoms with E-state index in [1.165, 1.54) is 12.1 Å². The lowest BCUT2D eigenvalue weighted by atomic mass is 10.2. The van der Waals surface area contributed by atoms with Crippen molar-refractivity contribution in [1.82, 2.24) is 9.55 Å². The number of carbonyl (C=O) groups excluding carboxylic acids is 1. The number of nitrogens with zero attached hydrogens (tertiary/aromatic N) is 3. The third-order valence-electron chi connectivity index (χ3n) is 3.51. The maximum absolute atomic E-state index is 14.2. The molecule has 11 heteroatoms. The van der Waals surface area contributed by atoms with E-state index in [2.05, 4.69) is 15.5 Å². The number of hydrogen-bond donors (Lipinski definition) is 1. The van der Waals surface area contributed by atoms with Crippen LogP contribution in [0.2, 0.25) is 0 Å². The van der Waals surface area contributed by atoms with Gasteiger partial charge >= 0.3 is 5.69 Å². The summed E-state index contributed by atoms with van der Waals surface area (Å²) in [5.74, 6) is -2.85. The van der Waals surface area contributed by atoms with Crippen LogP contribution in [0.25, 0.3) is 0 Å². The fraction of sp³-hybridized carbons (Fsp3) is 0.267. The second kappa shape index (κ2) is 7.45. The second-order valence-electron chi connectivity index (χ2n) is 5.25. The highest BCUT2D eigenvalue weighted by molar-refractivity contribution is 6.03. The van der Waals surface area contributed by atoms with E-state index in [0.29, 0.717) is 0 Å². The van der Waals surface area contributed by atoms with Gasteiger partial charge in [0.25, 0.3) is 5.91 Å². The molecule has 2 unspecified atom stereocenters. The van der Waals surface area contributed by atoms with Gasteiger partial charge in [0.1, 0.15) is 12.4 Å². The highest BCUT2D eigenvalue weighted by Crippen LogP contribution is 2.21. The van der Waals surface area contributed by atoms with E-state index in [1.54, 1.807) is 0 Å². The summed E-state index contributed by atoms with van der Waals surface area (Å²) in [6.45, 7) is -0.366. The van der Waals surface area contributed by atoms with Gasteiger partial charge in [0.2, 0.25) is 0 Å². The van der Waals surface area contributed by atoms with Crippen LogP contribution in [-0.2, 0) is 9.47 Å². The minimum Gasteiger partial charge on any atom is -0.346 e. The predicted octanol–water partition coefficient (Wildman–Crippen LogP) is 1.41. The quantitative estimate of drug-likeness (QED) is 0.801. The minimum atomic E-state index is -0.986. The SMILES string of the molecule is O=NCC1OCC(n2cc(F)c(NC(=O)c3ccc(F)cc3)nc2=O)O1. The Kier molecular flexibility index (Phi) is 5.09. The molecule has 2 aromatic rings. The van der Waals surface area contributed by atoms with Gasteiger partial charge in [0, 0.05) is 5.56 Å². The second-order valence-corrected chi connectivity index (χ2v) is 5.25. The van der Waals surface area contributed by atoms with Crippen molar-refractivity contribution in [2.24, 2.45) is 5.18 Å². The van der Waals surface area contributed by atoms with Gasteiger partial charge in [-0.2, -0.15) is 9.89 Å². The van der Waals surface area contributed by atoms with Crippen LogP contribution in [0.1, 0.15) is 16.6 Å². The van der Waals surface area contributed by atoms with Crippen molar-refractivity contribution in [2.75, 3.05) is 18.5 Å². The lowest BCUT2D eigenvalue weighted by molar-refractivity contribution is -0.0643. The van der Waals surface area contributed by atoms with Gasteiger partial charge in [-0.25, -0.2) is 13.6 Å². The Labute approximate surface area is 144 Å². The molecule has 0 aliphatic carbocycles. The fourth-order valence-corrected chi connectivity index (χ4v) is 2.27. The molecule has 2 heterocycles. The standard InChI is InChI=1S/C15H12F2N4O5/c16-9-3-1-8(2-4-9)14(22)19-13-10(17)6-21(15(23)20-13)11-7-25-12(26-11)5-18-24/h1-4,6,11-12H,5,7H2,(H,19,20,22,23). The number of halogens is 2. The van der Waals surface area contributed by atoms with Crippen molar-refractivity contribution in [3.8, 4) is 0 Å². The van der Waals surface area contributed by atoms with Gasteiger partial charge in [-0.05, 0) is 24.3 Å². The summed E-state index contributed by atoms with van der Waals surface area (Å²) in [5.41, 5.74) is -0.831. The lowest BCUT2D eigenvalue weighted by Gasteiger charge is -2.13. The summed E-state index contributed by atoms with van der Waals surface area (Å²) in [6, 6.07) is 4.54. The molecule has 9 nitrogen and oxygen atoms in total. The Morgan fingerprint density at radius 1 is 1.35 bits per heavy atom. The van der Waals surface area contributed by atoms with Crippen LogP contribution in [0.3, 0.4) is 0 Å². The van der Waals surface area contributed by atoms with Gasteiger partial charge in [-0.1, -0.05) is 5.18 Å². The normalized spacial score (nSPS) is 19.3. The first kappa shape index (κ1) is 17.8. The van der Waals surface area contributed by atoms with Crippen LogP contribution in [-0.4, -0.2) is 34.9 Å². The number of rotatable bonds is 5. The number of hydrogen-bond acceptors (Lipinski definition) is 7. The molecule has 0 bridgehead atoms. The van der Waals surface area contributed by atoms with Crippen LogP contribution in [0.5, 0.6) is 0 Å². The first-order valence-electron chi connectivity index (χ1n) is 7.39. The number of ether oxygens (including phenoxy) is 2. The molecule has 1 aliphatic heterocycles. The summed E-state index contributed by atoms with van der Waals surface area (Å²) >= 11 is 0. The molecule has 26 heavy (non-hydrogen) atoms.